The monoisotopic (exact) mass is 941 g/mol. The van der Waals surface area contributed by atoms with Crippen molar-refractivity contribution in [1.29, 1.82) is 0 Å². The maximum absolute atomic E-state index is 13.8. The standard InChI is InChI=1S/C46H49ClFN9O8S/c1-2-39(58)52-35-24-31-34(49-27-50-43(31)51-28-7-8-33(48)32(47)23-28)25-37(35)65-20-4-13-54-14-11-29(12-15-54)55-16-18-56(19-17-55)41(60)26-64-21-22-66-38-6-3-5-30-42(38)46(63)57(45(30)62)36-9-10-40(59)53-44(36)61/h2-3,5-8,23-25,27,29,36H,1,4,9-22,26H2,(H,52,58)(H,49,50,51)(H,53,59,61). The summed E-state index contributed by atoms with van der Waals surface area (Å²) in [5, 5.41) is 8.75. The molecule has 20 heteroatoms. The molecule has 66 heavy (non-hydrogen) atoms. The Labute approximate surface area is 389 Å². The van der Waals surface area contributed by atoms with Gasteiger partial charge in [0.25, 0.3) is 11.8 Å². The summed E-state index contributed by atoms with van der Waals surface area (Å²) in [6.45, 7) is 9.77. The Morgan fingerprint density at radius 1 is 0.970 bits per heavy atom. The number of ether oxygens (including phenoxy) is 2. The van der Waals surface area contributed by atoms with Crippen molar-refractivity contribution in [2.45, 2.75) is 49.1 Å². The van der Waals surface area contributed by atoms with Crippen LogP contribution < -0.4 is 20.7 Å². The topological polar surface area (TPSA) is 196 Å². The van der Waals surface area contributed by atoms with E-state index in [-0.39, 0.29) is 48.1 Å². The van der Waals surface area contributed by atoms with Gasteiger partial charge in [-0.15, -0.1) is 11.8 Å². The van der Waals surface area contributed by atoms with E-state index in [1.807, 2.05) is 4.90 Å². The van der Waals surface area contributed by atoms with Gasteiger partial charge >= 0.3 is 0 Å². The van der Waals surface area contributed by atoms with Gasteiger partial charge in [0.15, 0.2) is 0 Å². The van der Waals surface area contributed by atoms with E-state index in [9.17, 15) is 33.2 Å². The SMILES string of the molecule is C=CC(=O)Nc1cc2c(Nc3ccc(F)c(Cl)c3)ncnc2cc1OCCCN1CCC(N2CCN(C(=O)COCCSc3cccc4c3C(=O)N(C3CCC(=O)NC3=O)C4=O)CC2)CC1. The maximum Gasteiger partial charge on any atom is 0.263 e. The number of piperazine rings is 1. The predicted octanol–water partition coefficient (Wildman–Crippen LogP) is 4.88. The molecular weight excluding hydrogens is 893 g/mol. The van der Waals surface area contributed by atoms with Crippen molar-refractivity contribution in [1.82, 2.24) is 34.9 Å². The number of halogens is 2. The number of piperidine rings is 2. The highest BCUT2D eigenvalue weighted by Crippen LogP contribution is 2.36. The van der Waals surface area contributed by atoms with Crippen LogP contribution in [0.4, 0.5) is 21.6 Å². The van der Waals surface area contributed by atoms with Crippen LogP contribution in [0.25, 0.3) is 10.9 Å². The maximum atomic E-state index is 13.8. The van der Waals surface area contributed by atoms with Gasteiger partial charge in [0, 0.05) is 73.0 Å². The van der Waals surface area contributed by atoms with E-state index in [1.165, 1.54) is 36.3 Å². The number of amides is 6. The van der Waals surface area contributed by atoms with Crippen LogP contribution in [0, 0.1) is 5.82 Å². The first-order valence-corrected chi connectivity index (χ1v) is 23.2. The van der Waals surface area contributed by atoms with Crippen LogP contribution in [0.2, 0.25) is 5.02 Å². The summed E-state index contributed by atoms with van der Waals surface area (Å²) >= 11 is 7.32. The van der Waals surface area contributed by atoms with Gasteiger partial charge < -0.3 is 29.9 Å². The lowest BCUT2D eigenvalue weighted by atomic mass is 10.0. The van der Waals surface area contributed by atoms with E-state index >= 15 is 0 Å². The van der Waals surface area contributed by atoms with Gasteiger partial charge in [0.05, 0.1) is 40.6 Å². The number of carbonyl (C=O) groups excluding carboxylic acids is 6. The fourth-order valence-electron chi connectivity index (χ4n) is 8.68. The highest BCUT2D eigenvalue weighted by atomic mass is 35.5. The Hall–Kier alpha value is -5.99. The Kier molecular flexibility index (Phi) is 14.9. The third-order valence-corrected chi connectivity index (χ3v) is 13.4. The fraction of sp³-hybridized carbons (Fsp3) is 0.391. The molecule has 3 saturated heterocycles. The number of likely N-dealkylation sites (tertiary alicyclic amines) is 1. The van der Waals surface area contributed by atoms with E-state index in [1.54, 1.807) is 36.4 Å². The van der Waals surface area contributed by atoms with Crippen molar-refractivity contribution in [2.24, 2.45) is 0 Å². The molecule has 4 aliphatic rings. The number of aromatic nitrogens is 2. The van der Waals surface area contributed by atoms with Crippen LogP contribution in [0.1, 0.15) is 52.8 Å². The number of rotatable bonds is 17. The molecule has 0 radical (unpaired) electrons. The van der Waals surface area contributed by atoms with Crippen LogP contribution in [-0.2, 0) is 23.9 Å². The number of benzene rings is 3. The molecule has 0 spiro atoms. The first kappa shape index (κ1) is 46.5. The molecule has 0 aliphatic carbocycles. The molecular formula is C46H49ClFN9O8S. The number of fused-ring (bicyclic) bond motifs is 2. The van der Waals surface area contributed by atoms with Gasteiger partial charge in [-0.2, -0.15) is 0 Å². The average Bonchev–Trinajstić information content (AvgIpc) is 3.57. The number of carbonyl (C=O) groups is 6. The lowest BCUT2D eigenvalue weighted by Gasteiger charge is -2.42. The normalized spacial score (nSPS) is 18.4. The minimum atomic E-state index is -1.03. The number of hydrogen-bond donors (Lipinski definition) is 3. The molecule has 4 aromatic rings. The molecule has 0 bridgehead atoms. The van der Waals surface area contributed by atoms with Crippen molar-refractivity contribution in [3.05, 3.63) is 89.5 Å². The van der Waals surface area contributed by atoms with Crippen LogP contribution >= 0.6 is 23.4 Å². The zero-order chi connectivity index (χ0) is 46.3. The Morgan fingerprint density at radius 3 is 2.53 bits per heavy atom. The van der Waals surface area contributed by atoms with Gasteiger partial charge in [-0.1, -0.05) is 24.2 Å². The van der Waals surface area contributed by atoms with E-state index in [0.717, 1.165) is 56.9 Å². The predicted molar refractivity (Wildman–Crippen MR) is 245 cm³/mol. The van der Waals surface area contributed by atoms with Crippen LogP contribution in [0.5, 0.6) is 5.75 Å². The summed E-state index contributed by atoms with van der Waals surface area (Å²) in [5.41, 5.74) is 2.01. The smallest absolute Gasteiger partial charge is 0.263 e. The molecule has 1 atom stereocenters. The minimum absolute atomic E-state index is 0.0308. The second kappa shape index (κ2) is 21.1. The summed E-state index contributed by atoms with van der Waals surface area (Å²) in [7, 11) is 0. The second-order valence-electron chi connectivity index (χ2n) is 16.3. The van der Waals surface area contributed by atoms with Gasteiger partial charge in [-0.05, 0) is 81.2 Å². The number of nitrogens with zero attached hydrogens (tertiary/aromatic N) is 6. The Bertz CT molecular complexity index is 2550. The van der Waals surface area contributed by atoms with Crippen molar-refractivity contribution in [3.63, 3.8) is 0 Å². The highest BCUT2D eigenvalue weighted by molar-refractivity contribution is 7.99. The molecule has 3 N–H and O–H groups in total. The number of imide groups is 2. The Morgan fingerprint density at radius 2 is 1.77 bits per heavy atom. The van der Waals surface area contributed by atoms with Gasteiger partial charge in [-0.25, -0.2) is 14.4 Å². The quantitative estimate of drug-likeness (QED) is 0.0561. The minimum Gasteiger partial charge on any atom is -0.491 e. The molecule has 1 aromatic heterocycles. The molecule has 3 aromatic carbocycles. The zero-order valence-electron chi connectivity index (χ0n) is 36.1. The summed E-state index contributed by atoms with van der Waals surface area (Å²) in [5.74, 6) is -1.85. The number of anilines is 3. The number of thioether (sulfide) groups is 1. The lowest BCUT2D eigenvalue weighted by molar-refractivity contribution is -0.138. The van der Waals surface area contributed by atoms with Gasteiger partial charge in [0.1, 0.15) is 36.4 Å². The number of hydrogen-bond acceptors (Lipinski definition) is 14. The van der Waals surface area contributed by atoms with Crippen molar-refractivity contribution < 1.29 is 42.6 Å². The zero-order valence-corrected chi connectivity index (χ0v) is 37.6. The summed E-state index contributed by atoms with van der Waals surface area (Å²) in [6, 6.07) is 12.1. The van der Waals surface area contributed by atoms with E-state index in [4.69, 9.17) is 21.1 Å². The molecule has 8 rings (SSSR count). The molecule has 6 amide bonds. The first-order valence-electron chi connectivity index (χ1n) is 21.8. The average molecular weight is 942 g/mol. The third-order valence-electron chi connectivity index (χ3n) is 12.1. The van der Waals surface area contributed by atoms with E-state index in [0.29, 0.717) is 70.2 Å². The summed E-state index contributed by atoms with van der Waals surface area (Å²) < 4.78 is 25.7. The first-order chi connectivity index (χ1) is 32.0. The van der Waals surface area contributed by atoms with E-state index in [2.05, 4.69) is 42.3 Å². The molecule has 3 fully saturated rings. The largest absolute Gasteiger partial charge is 0.491 e. The summed E-state index contributed by atoms with van der Waals surface area (Å²) in [4.78, 5) is 93.0. The van der Waals surface area contributed by atoms with Crippen molar-refractivity contribution in [3.8, 4) is 5.75 Å². The van der Waals surface area contributed by atoms with Crippen LogP contribution in [-0.4, -0.2) is 148 Å². The molecule has 1 unspecified atom stereocenters. The van der Waals surface area contributed by atoms with Crippen LogP contribution in [0.3, 0.4) is 0 Å². The van der Waals surface area contributed by atoms with Gasteiger partial charge in [-0.3, -0.25) is 43.9 Å². The molecule has 4 aliphatic heterocycles. The third kappa shape index (κ3) is 10.7. The van der Waals surface area contributed by atoms with Crippen molar-refractivity contribution >= 4 is 86.9 Å². The highest BCUT2D eigenvalue weighted by Gasteiger charge is 2.45. The fourth-order valence-corrected chi connectivity index (χ4v) is 9.79. The molecule has 17 nitrogen and oxygen atoms in total. The second-order valence-corrected chi connectivity index (χ2v) is 17.8. The van der Waals surface area contributed by atoms with Crippen LogP contribution in [0.15, 0.2) is 72.4 Å². The lowest BCUT2D eigenvalue weighted by Crippen LogP contribution is -2.54. The molecule has 5 heterocycles. The van der Waals surface area contributed by atoms with Crippen molar-refractivity contribution in [2.75, 3.05) is 82.0 Å². The Balaban J connectivity index is 0.735. The molecule has 0 saturated carbocycles. The van der Waals surface area contributed by atoms with E-state index < -0.39 is 41.4 Å². The number of nitrogens with one attached hydrogen (secondary N) is 3. The van der Waals surface area contributed by atoms with Gasteiger partial charge in [0.2, 0.25) is 23.6 Å². The summed E-state index contributed by atoms with van der Waals surface area (Å²) in [6.07, 6.45) is 5.54. The molecule has 346 valence electrons.